The smallest absolute Gasteiger partial charge is 0.261 e. The first-order valence-corrected chi connectivity index (χ1v) is 12.2. The summed E-state index contributed by atoms with van der Waals surface area (Å²) in [4.78, 5) is 27.9. The van der Waals surface area contributed by atoms with Crippen molar-refractivity contribution in [2.75, 3.05) is 6.61 Å². The summed E-state index contributed by atoms with van der Waals surface area (Å²) in [6.45, 7) is 5.61. The van der Waals surface area contributed by atoms with Crippen LogP contribution in [-0.4, -0.2) is 35.4 Å². The van der Waals surface area contributed by atoms with Crippen molar-refractivity contribution in [1.29, 1.82) is 0 Å². The highest BCUT2D eigenvalue weighted by Gasteiger charge is 2.29. The van der Waals surface area contributed by atoms with Gasteiger partial charge in [-0.25, -0.2) is 0 Å². The molecule has 0 heterocycles. The van der Waals surface area contributed by atoms with Gasteiger partial charge in [0.05, 0.1) is 0 Å². The molecule has 1 unspecified atom stereocenters. The molecule has 7 heteroatoms. The summed E-state index contributed by atoms with van der Waals surface area (Å²) in [7, 11) is 0. The van der Waals surface area contributed by atoms with E-state index in [-0.39, 0.29) is 31.0 Å². The number of carbonyl (C=O) groups excluding carboxylic acids is 2. The van der Waals surface area contributed by atoms with Crippen LogP contribution in [0.15, 0.2) is 36.4 Å². The molecule has 1 aliphatic rings. The highest BCUT2D eigenvalue weighted by Crippen LogP contribution is 2.27. The average Bonchev–Trinajstić information content (AvgIpc) is 2.78. The summed E-state index contributed by atoms with van der Waals surface area (Å²) < 4.78 is 5.82. The van der Waals surface area contributed by atoms with Crippen LogP contribution in [-0.2, 0) is 16.1 Å². The fourth-order valence-electron chi connectivity index (χ4n) is 4.19. The summed E-state index contributed by atoms with van der Waals surface area (Å²) in [5, 5.41) is 4.03. The SMILES string of the molecule is Cc1ccc(OCC(=O)N(Cc2c(Cl)cccc2Cl)C(C)C(=O)NC2CCCCC2)c(C)c1. The minimum atomic E-state index is -0.700. The minimum absolute atomic E-state index is 0.118. The van der Waals surface area contributed by atoms with Crippen molar-refractivity contribution in [2.45, 2.75) is 71.5 Å². The molecule has 5 nitrogen and oxygen atoms in total. The zero-order chi connectivity index (χ0) is 24.0. The van der Waals surface area contributed by atoms with Crippen molar-refractivity contribution >= 4 is 35.0 Å². The van der Waals surface area contributed by atoms with Gasteiger partial charge in [-0.3, -0.25) is 9.59 Å². The largest absolute Gasteiger partial charge is 0.483 e. The number of halogens is 2. The van der Waals surface area contributed by atoms with Gasteiger partial charge in [0.15, 0.2) is 6.61 Å². The average molecular weight is 491 g/mol. The first-order chi connectivity index (χ1) is 15.8. The second-order valence-corrected chi connectivity index (χ2v) is 9.61. The molecule has 33 heavy (non-hydrogen) atoms. The molecule has 3 rings (SSSR count). The van der Waals surface area contributed by atoms with Gasteiger partial charge in [0.2, 0.25) is 5.91 Å². The van der Waals surface area contributed by atoms with E-state index in [0.29, 0.717) is 21.4 Å². The third-order valence-electron chi connectivity index (χ3n) is 6.19. The molecule has 178 valence electrons. The maximum Gasteiger partial charge on any atom is 0.261 e. The molecule has 0 aromatic heterocycles. The Labute approximate surface area is 206 Å². The lowest BCUT2D eigenvalue weighted by Gasteiger charge is -2.31. The van der Waals surface area contributed by atoms with E-state index in [1.165, 1.54) is 11.3 Å². The summed E-state index contributed by atoms with van der Waals surface area (Å²) in [5.74, 6) is 0.159. The molecule has 2 amide bonds. The molecule has 1 saturated carbocycles. The monoisotopic (exact) mass is 490 g/mol. The molecule has 0 bridgehead atoms. The van der Waals surface area contributed by atoms with E-state index in [4.69, 9.17) is 27.9 Å². The number of amides is 2. The molecule has 2 aromatic rings. The number of hydrogen-bond donors (Lipinski definition) is 1. The maximum absolute atomic E-state index is 13.3. The van der Waals surface area contributed by atoms with Crippen molar-refractivity contribution in [3.63, 3.8) is 0 Å². The van der Waals surface area contributed by atoms with Gasteiger partial charge in [-0.2, -0.15) is 0 Å². The van der Waals surface area contributed by atoms with Gasteiger partial charge in [-0.1, -0.05) is 66.2 Å². The van der Waals surface area contributed by atoms with E-state index in [9.17, 15) is 9.59 Å². The summed E-state index contributed by atoms with van der Waals surface area (Å²) in [6, 6.07) is 10.5. The molecule has 1 atom stereocenters. The maximum atomic E-state index is 13.3. The number of nitrogens with one attached hydrogen (secondary N) is 1. The Morgan fingerprint density at radius 1 is 1.09 bits per heavy atom. The van der Waals surface area contributed by atoms with Crippen LogP contribution in [0.2, 0.25) is 10.0 Å². The van der Waals surface area contributed by atoms with E-state index in [1.807, 2.05) is 32.0 Å². The number of carbonyl (C=O) groups is 2. The normalized spacial score (nSPS) is 15.1. The Bertz CT molecular complexity index is 969. The van der Waals surface area contributed by atoms with Crippen LogP contribution in [0.4, 0.5) is 0 Å². The lowest BCUT2D eigenvalue weighted by Crippen LogP contribution is -2.51. The molecule has 0 saturated heterocycles. The number of nitrogens with zero attached hydrogens (tertiary/aromatic N) is 1. The van der Waals surface area contributed by atoms with E-state index >= 15 is 0 Å². The third kappa shape index (κ3) is 6.87. The predicted molar refractivity (Wildman–Crippen MR) is 133 cm³/mol. The van der Waals surface area contributed by atoms with Gasteiger partial charge in [-0.15, -0.1) is 0 Å². The van der Waals surface area contributed by atoms with Gasteiger partial charge >= 0.3 is 0 Å². The topological polar surface area (TPSA) is 58.6 Å². The van der Waals surface area contributed by atoms with E-state index < -0.39 is 6.04 Å². The molecule has 2 aromatic carbocycles. The van der Waals surface area contributed by atoms with Crippen molar-refractivity contribution in [3.05, 3.63) is 63.1 Å². The zero-order valence-corrected chi connectivity index (χ0v) is 21.0. The number of ether oxygens (including phenoxy) is 1. The van der Waals surface area contributed by atoms with Crippen molar-refractivity contribution in [3.8, 4) is 5.75 Å². The third-order valence-corrected chi connectivity index (χ3v) is 6.90. The van der Waals surface area contributed by atoms with Gasteiger partial charge < -0.3 is 15.0 Å². The zero-order valence-electron chi connectivity index (χ0n) is 19.5. The minimum Gasteiger partial charge on any atom is -0.483 e. The number of benzene rings is 2. The summed E-state index contributed by atoms with van der Waals surface area (Å²) >= 11 is 12.7. The van der Waals surface area contributed by atoms with Crippen LogP contribution in [0.3, 0.4) is 0 Å². The lowest BCUT2D eigenvalue weighted by atomic mass is 9.95. The van der Waals surface area contributed by atoms with Gasteiger partial charge in [0, 0.05) is 28.2 Å². The van der Waals surface area contributed by atoms with Crippen LogP contribution in [0.25, 0.3) is 0 Å². The Kier molecular flexibility index (Phi) is 9.04. The molecular weight excluding hydrogens is 459 g/mol. The van der Waals surface area contributed by atoms with Gasteiger partial charge in [-0.05, 0) is 57.4 Å². The molecule has 1 fully saturated rings. The Balaban J connectivity index is 1.77. The second-order valence-electron chi connectivity index (χ2n) is 8.80. The van der Waals surface area contributed by atoms with Crippen LogP contribution in [0, 0.1) is 13.8 Å². The van der Waals surface area contributed by atoms with E-state index in [2.05, 4.69) is 5.32 Å². The van der Waals surface area contributed by atoms with E-state index in [1.54, 1.807) is 25.1 Å². The molecule has 0 radical (unpaired) electrons. The lowest BCUT2D eigenvalue weighted by molar-refractivity contribution is -0.142. The molecular formula is C26H32Cl2N2O3. The Morgan fingerprint density at radius 3 is 2.39 bits per heavy atom. The van der Waals surface area contributed by atoms with E-state index in [0.717, 1.165) is 36.8 Å². The number of hydrogen-bond acceptors (Lipinski definition) is 3. The molecule has 0 aliphatic heterocycles. The van der Waals surface area contributed by atoms with Crippen LogP contribution >= 0.6 is 23.2 Å². The summed E-state index contributed by atoms with van der Waals surface area (Å²) in [6.07, 6.45) is 5.37. The highest BCUT2D eigenvalue weighted by atomic mass is 35.5. The summed E-state index contributed by atoms with van der Waals surface area (Å²) in [5.41, 5.74) is 2.68. The first kappa shape index (κ1) is 25.4. The standard InChI is InChI=1S/C26H32Cl2N2O3/c1-17-12-13-24(18(2)14-17)33-16-25(31)30(15-21-22(27)10-7-11-23(21)28)19(3)26(32)29-20-8-5-4-6-9-20/h7,10-14,19-20H,4-6,8-9,15-16H2,1-3H3,(H,29,32). The second kappa shape index (κ2) is 11.8. The fourth-order valence-corrected chi connectivity index (χ4v) is 4.71. The number of aryl methyl sites for hydroxylation is 2. The Morgan fingerprint density at radius 2 is 1.76 bits per heavy atom. The van der Waals surface area contributed by atoms with Crippen LogP contribution < -0.4 is 10.1 Å². The fraction of sp³-hybridized carbons (Fsp3) is 0.462. The van der Waals surface area contributed by atoms with Crippen molar-refractivity contribution in [1.82, 2.24) is 10.2 Å². The van der Waals surface area contributed by atoms with Gasteiger partial charge in [0.1, 0.15) is 11.8 Å². The Hall–Kier alpha value is -2.24. The van der Waals surface area contributed by atoms with Crippen LogP contribution in [0.5, 0.6) is 5.75 Å². The quantitative estimate of drug-likeness (QED) is 0.504. The number of rotatable bonds is 8. The molecule has 1 N–H and O–H groups in total. The van der Waals surface area contributed by atoms with Gasteiger partial charge in [0.25, 0.3) is 5.91 Å². The predicted octanol–water partition coefficient (Wildman–Crippen LogP) is 5.86. The molecule has 0 spiro atoms. The first-order valence-electron chi connectivity index (χ1n) is 11.5. The van der Waals surface area contributed by atoms with Crippen molar-refractivity contribution in [2.24, 2.45) is 0 Å². The molecule has 1 aliphatic carbocycles. The van der Waals surface area contributed by atoms with Crippen molar-refractivity contribution < 1.29 is 14.3 Å². The highest BCUT2D eigenvalue weighted by molar-refractivity contribution is 6.36. The van der Waals surface area contributed by atoms with Crippen LogP contribution in [0.1, 0.15) is 55.7 Å².